The summed E-state index contributed by atoms with van der Waals surface area (Å²) in [4.78, 5) is 10.9. The van der Waals surface area contributed by atoms with Crippen molar-refractivity contribution in [2.75, 3.05) is 11.9 Å². The standard InChI is InChI=1S/C26H25N4/c1-16-19-10-8-7-9-18(19)13-22-23(16)25-24-20(28-15-29(25)5)11-17(12-21(24)30(22)6)14-26(2,3)27-4/h7-13,15H,14H2,1-3,5-6H3/q+1. The Kier molecular flexibility index (Phi) is 3.88. The molecule has 2 heterocycles. The minimum atomic E-state index is -0.430. The Bertz CT molecular complexity index is 1390. The van der Waals surface area contributed by atoms with Gasteiger partial charge in [0.05, 0.1) is 30.2 Å². The highest BCUT2D eigenvalue weighted by molar-refractivity contribution is 6.12. The minimum Gasteiger partial charge on any atom is -0.343 e. The Labute approximate surface area is 177 Å². The van der Waals surface area contributed by atoms with Gasteiger partial charge in [-0.3, -0.25) is 0 Å². The van der Waals surface area contributed by atoms with Gasteiger partial charge in [0.1, 0.15) is 5.69 Å². The second-order valence-corrected chi connectivity index (χ2v) is 8.99. The van der Waals surface area contributed by atoms with E-state index in [1.165, 1.54) is 38.7 Å². The van der Waals surface area contributed by atoms with E-state index in [4.69, 9.17) is 11.6 Å². The van der Waals surface area contributed by atoms with Gasteiger partial charge in [-0.1, -0.05) is 24.3 Å². The summed E-state index contributed by atoms with van der Waals surface area (Å²) in [5.74, 6) is 0. The molecular weight excluding hydrogens is 368 g/mol. The van der Waals surface area contributed by atoms with Crippen LogP contribution in [0.4, 0.5) is 11.4 Å². The number of nitrogens with zero attached hydrogens (tertiary/aromatic N) is 4. The highest BCUT2D eigenvalue weighted by atomic mass is 15.1. The quantitative estimate of drug-likeness (QED) is 0.331. The van der Waals surface area contributed by atoms with E-state index in [1.54, 1.807) is 0 Å². The lowest BCUT2D eigenvalue weighted by Crippen LogP contribution is -2.34. The summed E-state index contributed by atoms with van der Waals surface area (Å²) in [6.07, 6.45) is 2.61. The molecule has 3 aromatic carbocycles. The van der Waals surface area contributed by atoms with E-state index in [1.807, 2.05) is 20.2 Å². The summed E-state index contributed by atoms with van der Waals surface area (Å²) < 4.78 is 2.14. The monoisotopic (exact) mass is 393 g/mol. The first-order valence-corrected chi connectivity index (χ1v) is 10.3. The normalized spacial score (nSPS) is 12.9. The molecule has 30 heavy (non-hydrogen) atoms. The van der Waals surface area contributed by atoms with Gasteiger partial charge in [0.2, 0.25) is 5.54 Å². The van der Waals surface area contributed by atoms with Crippen LogP contribution in [0.3, 0.4) is 0 Å². The maximum Gasteiger partial charge on any atom is 0.287 e. The Morgan fingerprint density at radius 1 is 1.13 bits per heavy atom. The maximum absolute atomic E-state index is 7.52. The zero-order valence-corrected chi connectivity index (χ0v) is 18.1. The number of hydrogen-bond acceptors (Lipinski definition) is 2. The Balaban J connectivity index is 1.87. The van der Waals surface area contributed by atoms with Gasteiger partial charge in [-0.05, 0) is 52.0 Å². The molecule has 0 fully saturated rings. The van der Waals surface area contributed by atoms with Crippen molar-refractivity contribution in [1.29, 1.82) is 0 Å². The zero-order valence-electron chi connectivity index (χ0n) is 18.1. The van der Waals surface area contributed by atoms with Gasteiger partial charge in [-0.2, -0.15) is 0 Å². The molecule has 0 bridgehead atoms. The molecule has 1 aliphatic rings. The number of anilines is 2. The third-order valence-corrected chi connectivity index (χ3v) is 6.30. The summed E-state index contributed by atoms with van der Waals surface area (Å²) in [7, 11) is 4.22. The Morgan fingerprint density at radius 3 is 2.67 bits per heavy atom. The van der Waals surface area contributed by atoms with Crippen LogP contribution in [0.5, 0.6) is 0 Å². The predicted octanol–water partition coefficient (Wildman–Crippen LogP) is 5.51. The number of fused-ring (bicyclic) bond motifs is 3. The number of hydrogen-bond donors (Lipinski definition) is 0. The van der Waals surface area contributed by atoms with Gasteiger partial charge >= 0.3 is 0 Å². The van der Waals surface area contributed by atoms with Crippen molar-refractivity contribution in [2.45, 2.75) is 32.7 Å². The van der Waals surface area contributed by atoms with Crippen molar-refractivity contribution in [3.8, 4) is 11.3 Å². The molecule has 4 aromatic rings. The van der Waals surface area contributed by atoms with Crippen LogP contribution >= 0.6 is 0 Å². The average Bonchev–Trinajstić information content (AvgIpc) is 2.73. The van der Waals surface area contributed by atoms with Crippen molar-refractivity contribution in [1.82, 2.24) is 4.98 Å². The molecule has 4 heteroatoms. The second kappa shape index (κ2) is 6.27. The Hall–Kier alpha value is -3.45. The molecule has 0 radical (unpaired) electrons. The fraction of sp³-hybridized carbons (Fsp3) is 0.269. The third-order valence-electron chi connectivity index (χ3n) is 6.30. The molecule has 0 aliphatic carbocycles. The smallest absolute Gasteiger partial charge is 0.287 e. The molecule has 4 nitrogen and oxygen atoms in total. The molecule has 0 saturated carbocycles. The molecule has 1 aliphatic heterocycles. The van der Waals surface area contributed by atoms with Gasteiger partial charge in [0.25, 0.3) is 6.33 Å². The van der Waals surface area contributed by atoms with Crippen LogP contribution in [-0.2, 0) is 13.5 Å². The number of benzene rings is 3. The lowest BCUT2D eigenvalue weighted by Gasteiger charge is -2.31. The largest absolute Gasteiger partial charge is 0.343 e. The maximum atomic E-state index is 7.52. The molecule has 0 spiro atoms. The van der Waals surface area contributed by atoms with Crippen molar-refractivity contribution >= 4 is 33.1 Å². The van der Waals surface area contributed by atoms with E-state index in [2.05, 4.69) is 77.8 Å². The highest BCUT2D eigenvalue weighted by Gasteiger charge is 2.32. The molecule has 5 rings (SSSR count). The highest BCUT2D eigenvalue weighted by Crippen LogP contribution is 2.48. The topological polar surface area (TPSA) is 24.4 Å². The van der Waals surface area contributed by atoms with E-state index in [-0.39, 0.29) is 0 Å². The van der Waals surface area contributed by atoms with E-state index in [0.29, 0.717) is 6.42 Å². The number of rotatable bonds is 2. The van der Waals surface area contributed by atoms with Crippen LogP contribution in [-0.4, -0.2) is 17.6 Å². The molecule has 0 atom stereocenters. The van der Waals surface area contributed by atoms with Crippen LogP contribution < -0.4 is 9.47 Å². The van der Waals surface area contributed by atoms with Crippen LogP contribution in [0.25, 0.3) is 37.8 Å². The van der Waals surface area contributed by atoms with Gasteiger partial charge in [0.15, 0.2) is 5.52 Å². The predicted molar refractivity (Wildman–Crippen MR) is 123 cm³/mol. The summed E-state index contributed by atoms with van der Waals surface area (Å²) in [5.41, 5.74) is 7.85. The first-order valence-electron chi connectivity index (χ1n) is 10.3. The number of aromatic nitrogens is 2. The molecule has 0 saturated heterocycles. The van der Waals surface area contributed by atoms with Gasteiger partial charge < -0.3 is 9.74 Å². The lowest BCUT2D eigenvalue weighted by molar-refractivity contribution is -0.662. The first kappa shape index (κ1) is 18.6. The van der Waals surface area contributed by atoms with Crippen LogP contribution in [0, 0.1) is 13.5 Å². The van der Waals surface area contributed by atoms with E-state index >= 15 is 0 Å². The zero-order chi connectivity index (χ0) is 21.2. The summed E-state index contributed by atoms with van der Waals surface area (Å²) in [6, 6.07) is 15.3. The van der Waals surface area contributed by atoms with Crippen molar-refractivity contribution in [2.24, 2.45) is 7.05 Å². The first-order chi connectivity index (χ1) is 14.3. The van der Waals surface area contributed by atoms with Crippen molar-refractivity contribution in [3.05, 3.63) is 71.3 Å². The summed E-state index contributed by atoms with van der Waals surface area (Å²) >= 11 is 0. The van der Waals surface area contributed by atoms with Crippen molar-refractivity contribution < 1.29 is 4.57 Å². The van der Waals surface area contributed by atoms with Gasteiger partial charge in [-0.15, -0.1) is 0 Å². The van der Waals surface area contributed by atoms with Gasteiger partial charge in [-0.25, -0.2) is 11.1 Å². The van der Waals surface area contributed by atoms with Crippen LogP contribution in [0.15, 0.2) is 48.8 Å². The van der Waals surface area contributed by atoms with Crippen LogP contribution in [0.2, 0.25) is 0 Å². The molecule has 0 N–H and O–H groups in total. The van der Waals surface area contributed by atoms with E-state index in [0.717, 1.165) is 16.8 Å². The molecule has 0 amide bonds. The summed E-state index contributed by atoms with van der Waals surface area (Å²) in [6.45, 7) is 13.7. The second-order valence-electron chi connectivity index (χ2n) is 8.99. The van der Waals surface area contributed by atoms with Gasteiger partial charge in [0, 0.05) is 26.5 Å². The summed E-state index contributed by atoms with van der Waals surface area (Å²) in [5, 5.41) is 3.72. The molecule has 148 valence electrons. The average molecular weight is 394 g/mol. The third kappa shape index (κ3) is 2.59. The molecule has 0 unspecified atom stereocenters. The van der Waals surface area contributed by atoms with E-state index < -0.39 is 5.54 Å². The molecular formula is C26H25N4+. The SMILES string of the molecule is [C-]#[N+]C(C)(C)Cc1cc2c3c([n+](C)cnc3c1)-c1c(cc3ccccc3c1C)N2C. The fourth-order valence-corrected chi connectivity index (χ4v) is 4.81. The Morgan fingerprint density at radius 2 is 1.90 bits per heavy atom. The minimum absolute atomic E-state index is 0.430. The lowest BCUT2D eigenvalue weighted by atomic mass is 9.88. The van der Waals surface area contributed by atoms with E-state index in [9.17, 15) is 0 Å². The van der Waals surface area contributed by atoms with Crippen molar-refractivity contribution in [3.63, 3.8) is 0 Å². The fourth-order valence-electron chi connectivity index (χ4n) is 4.81. The number of aryl methyl sites for hydroxylation is 2. The molecule has 1 aromatic heterocycles. The van der Waals surface area contributed by atoms with Crippen LogP contribution in [0.1, 0.15) is 25.0 Å².